The average Bonchev–Trinajstić information content (AvgIpc) is 2.64. The van der Waals surface area contributed by atoms with Crippen LogP contribution in [0.3, 0.4) is 0 Å². The topological polar surface area (TPSA) is 75.3 Å². The van der Waals surface area contributed by atoms with E-state index in [0.717, 1.165) is 18.2 Å². The van der Waals surface area contributed by atoms with E-state index in [0.29, 0.717) is 0 Å². The molecule has 0 fully saturated rings. The van der Waals surface area contributed by atoms with Gasteiger partial charge < -0.3 is 5.32 Å². The van der Waals surface area contributed by atoms with Crippen molar-refractivity contribution in [3.63, 3.8) is 0 Å². The lowest BCUT2D eigenvalue weighted by Gasteiger charge is -2.14. The summed E-state index contributed by atoms with van der Waals surface area (Å²) in [6.45, 7) is 0. The molecule has 3 aromatic carbocycles. The molecule has 0 saturated carbocycles. The van der Waals surface area contributed by atoms with Crippen molar-refractivity contribution in [2.75, 3.05) is 10.0 Å². The van der Waals surface area contributed by atoms with Crippen LogP contribution in [0.1, 0.15) is 10.4 Å². The second-order valence-corrected chi connectivity index (χ2v) is 7.75. The van der Waals surface area contributed by atoms with Crippen LogP contribution in [0.15, 0.2) is 71.6 Å². The largest absolute Gasteiger partial charge is 0.320 e. The number of carbonyl (C=O) groups excluding carboxylic acids is 1. The van der Waals surface area contributed by atoms with E-state index >= 15 is 0 Å². The first-order valence-electron chi connectivity index (χ1n) is 7.91. The van der Waals surface area contributed by atoms with Gasteiger partial charge in [-0.25, -0.2) is 17.2 Å². The molecule has 0 radical (unpaired) electrons. The average molecular weight is 423 g/mol. The Balaban J connectivity index is 1.95. The summed E-state index contributed by atoms with van der Waals surface area (Å²) in [6.07, 6.45) is 0. The molecule has 0 spiro atoms. The van der Waals surface area contributed by atoms with Gasteiger partial charge in [-0.1, -0.05) is 35.9 Å². The molecule has 0 aromatic heterocycles. The quantitative estimate of drug-likeness (QED) is 0.627. The molecule has 144 valence electrons. The minimum Gasteiger partial charge on any atom is -0.320 e. The summed E-state index contributed by atoms with van der Waals surface area (Å²) in [5, 5.41) is 2.62. The first-order valence-corrected chi connectivity index (χ1v) is 9.77. The second-order valence-electron chi connectivity index (χ2n) is 5.66. The van der Waals surface area contributed by atoms with Crippen molar-refractivity contribution in [3.05, 3.63) is 89.0 Å². The summed E-state index contributed by atoms with van der Waals surface area (Å²) in [5.41, 5.74) is -0.302. The molecule has 0 aliphatic rings. The minimum absolute atomic E-state index is 0.0133. The molecule has 0 bridgehead atoms. The molecular formula is C19H13ClF2N2O3S. The van der Waals surface area contributed by atoms with Gasteiger partial charge in [0.15, 0.2) is 0 Å². The Labute approximate surface area is 165 Å². The zero-order valence-electron chi connectivity index (χ0n) is 14.1. The first-order chi connectivity index (χ1) is 13.3. The van der Waals surface area contributed by atoms with E-state index in [2.05, 4.69) is 10.0 Å². The predicted molar refractivity (Wildman–Crippen MR) is 103 cm³/mol. The van der Waals surface area contributed by atoms with Gasteiger partial charge in [0, 0.05) is 5.02 Å². The molecule has 0 saturated heterocycles. The highest BCUT2D eigenvalue weighted by Gasteiger charge is 2.21. The summed E-state index contributed by atoms with van der Waals surface area (Å²) >= 11 is 5.93. The Morgan fingerprint density at radius 2 is 1.50 bits per heavy atom. The number of sulfonamides is 1. The van der Waals surface area contributed by atoms with Crippen LogP contribution in [0, 0.1) is 11.6 Å². The summed E-state index contributed by atoms with van der Waals surface area (Å²) in [5.74, 6) is -2.47. The van der Waals surface area contributed by atoms with Crippen LogP contribution in [0.2, 0.25) is 5.02 Å². The molecule has 0 unspecified atom stereocenters. The molecular weight excluding hydrogens is 410 g/mol. The van der Waals surface area contributed by atoms with E-state index in [1.165, 1.54) is 48.5 Å². The van der Waals surface area contributed by atoms with Crippen molar-refractivity contribution in [1.29, 1.82) is 0 Å². The normalized spacial score (nSPS) is 11.1. The van der Waals surface area contributed by atoms with Crippen molar-refractivity contribution in [3.8, 4) is 0 Å². The third-order valence-electron chi connectivity index (χ3n) is 3.72. The molecule has 3 rings (SSSR count). The summed E-state index contributed by atoms with van der Waals surface area (Å²) in [7, 11) is -4.28. The monoisotopic (exact) mass is 422 g/mol. The summed E-state index contributed by atoms with van der Waals surface area (Å²) < 4.78 is 54.9. The van der Waals surface area contributed by atoms with Crippen LogP contribution in [-0.4, -0.2) is 14.3 Å². The summed E-state index contributed by atoms with van der Waals surface area (Å²) in [6, 6.07) is 14.1. The molecule has 2 N–H and O–H groups in total. The van der Waals surface area contributed by atoms with E-state index in [-0.39, 0.29) is 22.0 Å². The van der Waals surface area contributed by atoms with Crippen molar-refractivity contribution in [1.82, 2.24) is 0 Å². The van der Waals surface area contributed by atoms with Crippen molar-refractivity contribution < 1.29 is 22.0 Å². The Bertz CT molecular complexity index is 1150. The van der Waals surface area contributed by atoms with Crippen LogP contribution in [0.5, 0.6) is 0 Å². The lowest BCUT2D eigenvalue weighted by atomic mass is 10.2. The third kappa shape index (κ3) is 4.29. The van der Waals surface area contributed by atoms with E-state index in [1.54, 1.807) is 0 Å². The van der Waals surface area contributed by atoms with Crippen molar-refractivity contribution >= 4 is 38.9 Å². The molecule has 5 nitrogen and oxygen atoms in total. The number of halogens is 3. The number of carbonyl (C=O) groups is 1. The Morgan fingerprint density at radius 3 is 2.18 bits per heavy atom. The highest BCUT2D eigenvalue weighted by Crippen LogP contribution is 2.29. The number of nitrogens with one attached hydrogen (secondary N) is 2. The van der Waals surface area contributed by atoms with Crippen LogP contribution in [0.4, 0.5) is 20.2 Å². The van der Waals surface area contributed by atoms with E-state index in [1.807, 2.05) is 0 Å². The highest BCUT2D eigenvalue weighted by atomic mass is 35.5. The molecule has 9 heteroatoms. The third-order valence-corrected chi connectivity index (χ3v) is 5.35. The van der Waals surface area contributed by atoms with Gasteiger partial charge in [-0.05, 0) is 42.5 Å². The second kappa shape index (κ2) is 7.95. The molecule has 3 aromatic rings. The zero-order valence-corrected chi connectivity index (χ0v) is 15.7. The Kier molecular flexibility index (Phi) is 5.62. The maximum Gasteiger partial charge on any atom is 0.264 e. The zero-order chi connectivity index (χ0) is 20.3. The maximum atomic E-state index is 13.9. The lowest BCUT2D eigenvalue weighted by Crippen LogP contribution is -2.18. The van der Waals surface area contributed by atoms with Crippen molar-refractivity contribution in [2.24, 2.45) is 0 Å². The van der Waals surface area contributed by atoms with Gasteiger partial charge in [0.1, 0.15) is 16.5 Å². The number of hydrogen-bond donors (Lipinski definition) is 2. The number of anilines is 2. The maximum absolute atomic E-state index is 13.9. The Hall–Kier alpha value is -2.97. The molecule has 28 heavy (non-hydrogen) atoms. The smallest absolute Gasteiger partial charge is 0.264 e. The summed E-state index contributed by atoms with van der Waals surface area (Å²) in [4.78, 5) is 11.8. The number of amides is 1. The number of hydrogen-bond acceptors (Lipinski definition) is 3. The fourth-order valence-corrected chi connectivity index (χ4v) is 3.74. The van der Waals surface area contributed by atoms with Gasteiger partial charge in [-0.15, -0.1) is 0 Å². The standard InChI is InChI=1S/C19H13ClF2N2O3S/c20-12-9-10-16(24-28(26,27)18-8-4-3-7-15(18)22)17(11-12)23-19(25)13-5-1-2-6-14(13)21/h1-11,24H,(H,23,25). The van der Waals surface area contributed by atoms with Gasteiger partial charge in [-0.2, -0.15) is 0 Å². The van der Waals surface area contributed by atoms with Gasteiger partial charge in [-0.3, -0.25) is 9.52 Å². The Morgan fingerprint density at radius 1 is 0.857 bits per heavy atom. The first kappa shape index (κ1) is 19.8. The molecule has 0 heterocycles. The van der Waals surface area contributed by atoms with Gasteiger partial charge in [0.25, 0.3) is 15.9 Å². The van der Waals surface area contributed by atoms with Crippen LogP contribution in [0.25, 0.3) is 0 Å². The molecule has 0 aliphatic carbocycles. The molecule has 0 atom stereocenters. The number of rotatable bonds is 5. The van der Waals surface area contributed by atoms with E-state index < -0.39 is 32.5 Å². The SMILES string of the molecule is O=C(Nc1cc(Cl)ccc1NS(=O)(=O)c1ccccc1F)c1ccccc1F. The predicted octanol–water partition coefficient (Wildman–Crippen LogP) is 4.67. The lowest BCUT2D eigenvalue weighted by molar-refractivity contribution is 0.102. The van der Waals surface area contributed by atoms with Crippen LogP contribution in [-0.2, 0) is 10.0 Å². The number of benzene rings is 3. The fraction of sp³-hybridized carbons (Fsp3) is 0. The highest BCUT2D eigenvalue weighted by molar-refractivity contribution is 7.92. The molecule has 1 amide bonds. The van der Waals surface area contributed by atoms with E-state index in [9.17, 15) is 22.0 Å². The van der Waals surface area contributed by atoms with Gasteiger partial charge in [0.05, 0.1) is 16.9 Å². The van der Waals surface area contributed by atoms with Crippen LogP contribution < -0.4 is 10.0 Å². The van der Waals surface area contributed by atoms with Gasteiger partial charge in [0.2, 0.25) is 0 Å². The van der Waals surface area contributed by atoms with Crippen molar-refractivity contribution in [2.45, 2.75) is 4.90 Å². The minimum atomic E-state index is -4.28. The van der Waals surface area contributed by atoms with E-state index in [4.69, 9.17) is 11.6 Å². The fourth-order valence-electron chi connectivity index (χ4n) is 2.41. The van der Waals surface area contributed by atoms with Gasteiger partial charge >= 0.3 is 0 Å². The molecule has 0 aliphatic heterocycles. The van der Waals surface area contributed by atoms with Crippen LogP contribution >= 0.6 is 11.6 Å².